The highest BCUT2D eigenvalue weighted by Crippen LogP contribution is 1.84. The summed E-state index contributed by atoms with van der Waals surface area (Å²) in [7, 11) is 0. The zero-order valence-electron chi connectivity index (χ0n) is 9.73. The second-order valence-electron chi connectivity index (χ2n) is 3.18. The number of nitrogens with zero attached hydrogens (tertiary/aromatic N) is 2. The molecule has 0 atom stereocenters. The summed E-state index contributed by atoms with van der Waals surface area (Å²) in [5.74, 6) is -2.61. The van der Waals surface area contributed by atoms with Gasteiger partial charge in [0.05, 0.1) is 0 Å². The molecule has 0 saturated heterocycles. The van der Waals surface area contributed by atoms with Crippen molar-refractivity contribution >= 4 is 11.9 Å². The smallest absolute Gasteiger partial charge is 0.373 e. The van der Waals surface area contributed by atoms with E-state index in [1.54, 1.807) is 6.07 Å². The Hall–Kier alpha value is -3.30. The van der Waals surface area contributed by atoms with Crippen LogP contribution in [-0.2, 0) is 0 Å². The van der Waals surface area contributed by atoms with Crippen LogP contribution in [0.2, 0.25) is 0 Å². The quantitative estimate of drug-likeness (QED) is 0.539. The summed E-state index contributed by atoms with van der Waals surface area (Å²) in [5.41, 5.74) is -1.97. The molecule has 0 spiro atoms. The maximum absolute atomic E-state index is 10.5. The molecule has 2 aromatic heterocycles. The van der Waals surface area contributed by atoms with Crippen LogP contribution in [-0.4, -0.2) is 42.1 Å². The van der Waals surface area contributed by atoms with Gasteiger partial charge in [0.15, 0.2) is 0 Å². The monoisotopic (exact) mass is 280 g/mol. The molecular formula is C10H8N4O6. The van der Waals surface area contributed by atoms with Crippen molar-refractivity contribution in [1.82, 2.24) is 19.9 Å². The number of carboxylic acids is 2. The summed E-state index contributed by atoms with van der Waals surface area (Å²) in [6.07, 6.45) is 2.77. The first-order chi connectivity index (χ1) is 9.40. The number of aromatic amines is 2. The van der Waals surface area contributed by atoms with Gasteiger partial charge in [-0.1, -0.05) is 0 Å². The van der Waals surface area contributed by atoms with Crippen LogP contribution >= 0.6 is 0 Å². The van der Waals surface area contributed by atoms with Gasteiger partial charge < -0.3 is 15.2 Å². The molecule has 0 unspecified atom stereocenters. The van der Waals surface area contributed by atoms with Crippen LogP contribution in [0.1, 0.15) is 21.1 Å². The molecule has 20 heavy (non-hydrogen) atoms. The molecule has 4 N–H and O–H groups in total. The van der Waals surface area contributed by atoms with E-state index in [1.807, 2.05) is 9.97 Å². The predicted octanol–water partition coefficient (Wildman–Crippen LogP) is -1.06. The van der Waals surface area contributed by atoms with Crippen molar-refractivity contribution < 1.29 is 19.8 Å². The van der Waals surface area contributed by atoms with Crippen molar-refractivity contribution in [2.75, 3.05) is 0 Å². The fraction of sp³-hybridized carbons (Fsp3) is 0. The molecule has 10 nitrogen and oxygen atoms in total. The van der Waals surface area contributed by atoms with Crippen molar-refractivity contribution in [2.45, 2.75) is 0 Å². The van der Waals surface area contributed by atoms with E-state index in [2.05, 4.69) is 9.97 Å². The molecule has 0 radical (unpaired) electrons. The number of rotatable bonds is 2. The Kier molecular flexibility index (Phi) is 4.86. The van der Waals surface area contributed by atoms with E-state index in [-0.39, 0.29) is 5.82 Å². The number of carboxylic acid groups (broad SMARTS) is 2. The summed E-state index contributed by atoms with van der Waals surface area (Å²) >= 11 is 0. The second kappa shape index (κ2) is 6.58. The lowest BCUT2D eigenvalue weighted by atomic mass is 10.4. The van der Waals surface area contributed by atoms with E-state index in [1.165, 1.54) is 12.4 Å². The lowest BCUT2D eigenvalue weighted by Crippen LogP contribution is -2.24. The molecule has 0 saturated carbocycles. The van der Waals surface area contributed by atoms with Crippen LogP contribution in [0.3, 0.4) is 0 Å². The van der Waals surface area contributed by atoms with E-state index < -0.39 is 28.9 Å². The number of carbonyl (C=O) groups is 2. The third kappa shape index (κ3) is 4.52. The Bertz CT molecular complexity index is 692. The molecule has 0 bridgehead atoms. The van der Waals surface area contributed by atoms with Crippen molar-refractivity contribution in [2.24, 2.45) is 0 Å². The molecule has 10 heteroatoms. The maximum atomic E-state index is 10.5. The SMILES string of the molecule is O=C(O)c1cc(=O)[nH]c(=O)[nH]1.O=C(O)c1ncccn1. The van der Waals surface area contributed by atoms with Gasteiger partial charge in [-0.15, -0.1) is 0 Å². The van der Waals surface area contributed by atoms with Gasteiger partial charge in [0.2, 0.25) is 5.82 Å². The maximum Gasteiger partial charge on any atom is 0.373 e. The third-order valence-electron chi connectivity index (χ3n) is 1.75. The molecule has 0 aromatic carbocycles. The largest absolute Gasteiger partial charge is 0.477 e. The van der Waals surface area contributed by atoms with Gasteiger partial charge in [0, 0.05) is 18.5 Å². The first-order valence-electron chi connectivity index (χ1n) is 4.97. The number of nitrogens with one attached hydrogen (secondary N) is 2. The number of aromatic carboxylic acids is 2. The Morgan fingerprint density at radius 3 is 2.00 bits per heavy atom. The summed E-state index contributed by atoms with van der Waals surface area (Å²) < 4.78 is 0. The molecule has 0 fully saturated rings. The van der Waals surface area contributed by atoms with Crippen LogP contribution in [0.15, 0.2) is 34.1 Å². The van der Waals surface area contributed by atoms with E-state index >= 15 is 0 Å². The molecule has 104 valence electrons. The highest BCUT2D eigenvalue weighted by molar-refractivity contribution is 5.84. The molecule has 2 heterocycles. The highest BCUT2D eigenvalue weighted by atomic mass is 16.4. The molecule has 0 aliphatic rings. The minimum atomic E-state index is -1.34. The lowest BCUT2D eigenvalue weighted by Gasteiger charge is -1.89. The Morgan fingerprint density at radius 1 is 1.00 bits per heavy atom. The molecule has 0 aliphatic heterocycles. The standard InChI is InChI=1S/C5H4N2O4.C5H4N2O2/c8-3-1-2(4(9)10)6-5(11)7-3;8-5(9)4-6-2-1-3-7-4/h1H,(H,9,10)(H2,6,7,8,11);1-3H,(H,8,9). The zero-order valence-corrected chi connectivity index (χ0v) is 9.73. The molecule has 2 aromatic rings. The van der Waals surface area contributed by atoms with Gasteiger partial charge in [0.25, 0.3) is 5.56 Å². The third-order valence-corrected chi connectivity index (χ3v) is 1.75. The fourth-order valence-electron chi connectivity index (χ4n) is 0.993. The number of aromatic nitrogens is 4. The van der Waals surface area contributed by atoms with Crippen LogP contribution in [0.4, 0.5) is 0 Å². The van der Waals surface area contributed by atoms with E-state index in [0.717, 1.165) is 6.07 Å². The van der Waals surface area contributed by atoms with Gasteiger partial charge in [-0.2, -0.15) is 0 Å². The van der Waals surface area contributed by atoms with Crippen LogP contribution < -0.4 is 11.2 Å². The van der Waals surface area contributed by atoms with Crippen molar-refractivity contribution in [1.29, 1.82) is 0 Å². The minimum Gasteiger partial charge on any atom is -0.477 e. The lowest BCUT2D eigenvalue weighted by molar-refractivity contribution is 0.0675. The first kappa shape index (κ1) is 14.8. The first-order valence-corrected chi connectivity index (χ1v) is 4.97. The van der Waals surface area contributed by atoms with Crippen molar-refractivity contribution in [3.63, 3.8) is 0 Å². The van der Waals surface area contributed by atoms with Gasteiger partial charge >= 0.3 is 17.6 Å². The molecule has 2 rings (SSSR count). The molecular weight excluding hydrogens is 272 g/mol. The average molecular weight is 280 g/mol. The minimum absolute atomic E-state index is 0.169. The fourth-order valence-corrected chi connectivity index (χ4v) is 0.993. The van der Waals surface area contributed by atoms with Gasteiger partial charge in [-0.3, -0.25) is 9.78 Å². The van der Waals surface area contributed by atoms with E-state index in [4.69, 9.17) is 10.2 Å². The van der Waals surface area contributed by atoms with Crippen LogP contribution in [0, 0.1) is 0 Å². The van der Waals surface area contributed by atoms with Crippen LogP contribution in [0.5, 0.6) is 0 Å². The summed E-state index contributed by atoms with van der Waals surface area (Å²) in [6, 6.07) is 2.36. The summed E-state index contributed by atoms with van der Waals surface area (Å²) in [4.78, 5) is 51.9. The molecule has 0 amide bonds. The Balaban J connectivity index is 0.000000204. The number of H-pyrrole nitrogens is 2. The molecule has 0 aliphatic carbocycles. The highest BCUT2D eigenvalue weighted by Gasteiger charge is 2.03. The topological polar surface area (TPSA) is 166 Å². The average Bonchev–Trinajstić information content (AvgIpc) is 2.39. The second-order valence-corrected chi connectivity index (χ2v) is 3.18. The Morgan fingerprint density at radius 2 is 1.60 bits per heavy atom. The van der Waals surface area contributed by atoms with Gasteiger partial charge in [-0.25, -0.2) is 24.4 Å². The van der Waals surface area contributed by atoms with Gasteiger partial charge in [0.1, 0.15) is 5.69 Å². The van der Waals surface area contributed by atoms with E-state index in [9.17, 15) is 19.2 Å². The number of hydrogen-bond acceptors (Lipinski definition) is 6. The van der Waals surface area contributed by atoms with E-state index in [0.29, 0.717) is 0 Å². The number of hydrogen-bond donors (Lipinski definition) is 4. The van der Waals surface area contributed by atoms with Crippen molar-refractivity contribution in [3.8, 4) is 0 Å². The van der Waals surface area contributed by atoms with Crippen LogP contribution in [0.25, 0.3) is 0 Å². The van der Waals surface area contributed by atoms with Gasteiger partial charge in [-0.05, 0) is 6.07 Å². The van der Waals surface area contributed by atoms with Crippen molar-refractivity contribution in [3.05, 3.63) is 56.9 Å². The predicted molar refractivity (Wildman–Crippen MR) is 63.6 cm³/mol. The Labute approximate surface area is 109 Å². The zero-order chi connectivity index (χ0) is 15.1. The summed E-state index contributed by atoms with van der Waals surface area (Å²) in [5, 5.41) is 16.6. The summed E-state index contributed by atoms with van der Waals surface area (Å²) in [6.45, 7) is 0. The normalized spacial score (nSPS) is 9.20.